The molecule has 1 saturated carbocycles. The Hall–Kier alpha value is -2.13. The Bertz CT molecular complexity index is 690. The van der Waals surface area contributed by atoms with Gasteiger partial charge in [0.15, 0.2) is 0 Å². The summed E-state index contributed by atoms with van der Waals surface area (Å²) in [5.41, 5.74) is 3.62. The van der Waals surface area contributed by atoms with Crippen molar-refractivity contribution in [2.75, 3.05) is 7.05 Å². The third-order valence-corrected chi connectivity index (χ3v) is 4.81. The van der Waals surface area contributed by atoms with Crippen LogP contribution in [0.5, 0.6) is 0 Å². The van der Waals surface area contributed by atoms with E-state index in [1.165, 1.54) is 11.1 Å². The first-order valence-electron chi connectivity index (χ1n) is 9.19. The molecule has 3 nitrogen and oxygen atoms in total. The van der Waals surface area contributed by atoms with E-state index in [1.807, 2.05) is 37.4 Å². The summed E-state index contributed by atoms with van der Waals surface area (Å²) in [4.78, 5) is 15.0. The molecule has 0 saturated heterocycles. The average molecular weight is 336 g/mol. The normalized spacial score (nSPS) is 15.4. The summed E-state index contributed by atoms with van der Waals surface area (Å²) < 4.78 is 0. The third-order valence-electron chi connectivity index (χ3n) is 4.81. The summed E-state index contributed by atoms with van der Waals surface area (Å²) >= 11 is 0. The number of nitrogens with one attached hydrogen (secondary N) is 1. The molecule has 1 amide bonds. The van der Waals surface area contributed by atoms with Crippen molar-refractivity contribution in [3.63, 3.8) is 0 Å². The first kappa shape index (κ1) is 17.7. The van der Waals surface area contributed by atoms with Crippen molar-refractivity contribution in [3.8, 4) is 0 Å². The fraction of sp³-hybridized carbons (Fsp3) is 0.409. The molecular weight excluding hydrogens is 308 g/mol. The van der Waals surface area contributed by atoms with Crippen LogP contribution in [-0.4, -0.2) is 23.9 Å². The third kappa shape index (κ3) is 4.70. The quantitative estimate of drug-likeness (QED) is 0.819. The van der Waals surface area contributed by atoms with Crippen molar-refractivity contribution in [3.05, 3.63) is 71.3 Å². The summed E-state index contributed by atoms with van der Waals surface area (Å²) in [7, 11) is 2.03. The molecule has 132 valence electrons. The van der Waals surface area contributed by atoms with Gasteiger partial charge < -0.3 is 5.32 Å². The number of likely N-dealkylation sites (N-methyl/N-ethyl adjacent to an activating group) is 1. The second kappa shape index (κ2) is 7.83. The van der Waals surface area contributed by atoms with E-state index >= 15 is 0 Å². The van der Waals surface area contributed by atoms with Gasteiger partial charge in [-0.2, -0.15) is 0 Å². The minimum absolute atomic E-state index is 0.106. The standard InChI is InChI=1S/C22H28N2O/c1-16(2)18-11-9-17(10-12-18)15-24(3)21(19-7-5-4-6-8-19)22(25)23-20-13-14-20/h4-12,16,20-21H,13-15H2,1-3H3,(H,23,25)/t21-/m0/s1. The maximum absolute atomic E-state index is 12.8. The van der Waals surface area contributed by atoms with E-state index in [9.17, 15) is 4.79 Å². The van der Waals surface area contributed by atoms with Crippen LogP contribution < -0.4 is 5.32 Å². The largest absolute Gasteiger partial charge is 0.352 e. The van der Waals surface area contributed by atoms with Gasteiger partial charge in [-0.25, -0.2) is 0 Å². The van der Waals surface area contributed by atoms with E-state index in [0.717, 1.165) is 24.9 Å². The van der Waals surface area contributed by atoms with Gasteiger partial charge in [0.1, 0.15) is 6.04 Å². The molecule has 1 fully saturated rings. The van der Waals surface area contributed by atoms with Crippen molar-refractivity contribution in [2.24, 2.45) is 0 Å². The van der Waals surface area contributed by atoms with Gasteiger partial charge in [0.05, 0.1) is 0 Å². The van der Waals surface area contributed by atoms with Crippen LogP contribution in [0.4, 0.5) is 0 Å². The van der Waals surface area contributed by atoms with Crippen LogP contribution in [0.2, 0.25) is 0 Å². The molecule has 2 aromatic rings. The van der Waals surface area contributed by atoms with Gasteiger partial charge in [-0.1, -0.05) is 68.4 Å². The van der Waals surface area contributed by atoms with E-state index in [1.54, 1.807) is 0 Å². The number of carbonyl (C=O) groups is 1. The number of hydrogen-bond acceptors (Lipinski definition) is 2. The second-order valence-electron chi connectivity index (χ2n) is 7.41. The number of benzene rings is 2. The van der Waals surface area contributed by atoms with Crippen molar-refractivity contribution < 1.29 is 4.79 Å². The zero-order valence-corrected chi connectivity index (χ0v) is 15.4. The molecule has 0 radical (unpaired) electrons. The maximum Gasteiger partial charge on any atom is 0.242 e. The fourth-order valence-corrected chi connectivity index (χ4v) is 3.14. The number of hydrogen-bond donors (Lipinski definition) is 1. The molecule has 1 N–H and O–H groups in total. The van der Waals surface area contributed by atoms with Crippen LogP contribution >= 0.6 is 0 Å². The molecule has 1 aliphatic rings. The SMILES string of the molecule is CC(C)c1ccc(CN(C)[C@H](C(=O)NC2CC2)c2ccccc2)cc1. The lowest BCUT2D eigenvalue weighted by Crippen LogP contribution is -2.39. The average Bonchev–Trinajstić information content (AvgIpc) is 3.40. The minimum atomic E-state index is -0.258. The maximum atomic E-state index is 12.8. The zero-order valence-electron chi connectivity index (χ0n) is 15.4. The Balaban J connectivity index is 1.76. The summed E-state index contributed by atoms with van der Waals surface area (Å²) in [6, 6.07) is 18.9. The summed E-state index contributed by atoms with van der Waals surface area (Å²) in [5.74, 6) is 0.642. The molecule has 3 rings (SSSR count). The van der Waals surface area contributed by atoms with E-state index in [4.69, 9.17) is 0 Å². The monoisotopic (exact) mass is 336 g/mol. The molecule has 2 aromatic carbocycles. The smallest absolute Gasteiger partial charge is 0.242 e. The lowest BCUT2D eigenvalue weighted by Gasteiger charge is -2.28. The van der Waals surface area contributed by atoms with E-state index < -0.39 is 0 Å². The molecule has 1 atom stereocenters. The number of nitrogens with zero attached hydrogens (tertiary/aromatic N) is 1. The van der Waals surface area contributed by atoms with Crippen LogP contribution in [0.3, 0.4) is 0 Å². The Morgan fingerprint density at radius 2 is 1.68 bits per heavy atom. The van der Waals surface area contributed by atoms with E-state index in [0.29, 0.717) is 12.0 Å². The van der Waals surface area contributed by atoms with Crippen LogP contribution in [0.1, 0.15) is 55.3 Å². The van der Waals surface area contributed by atoms with Crippen LogP contribution in [-0.2, 0) is 11.3 Å². The molecule has 0 aliphatic heterocycles. The van der Waals surface area contributed by atoms with Crippen molar-refractivity contribution in [2.45, 2.75) is 51.2 Å². The highest BCUT2D eigenvalue weighted by Crippen LogP contribution is 2.25. The first-order valence-corrected chi connectivity index (χ1v) is 9.19. The highest BCUT2D eigenvalue weighted by molar-refractivity contribution is 5.83. The van der Waals surface area contributed by atoms with E-state index in [2.05, 4.69) is 48.3 Å². The van der Waals surface area contributed by atoms with Crippen molar-refractivity contribution >= 4 is 5.91 Å². The molecule has 0 heterocycles. The number of rotatable bonds is 7. The van der Waals surface area contributed by atoms with Gasteiger partial charge in [0.2, 0.25) is 5.91 Å². The van der Waals surface area contributed by atoms with Gasteiger partial charge >= 0.3 is 0 Å². The summed E-state index contributed by atoms with van der Waals surface area (Å²) in [6.45, 7) is 5.15. The topological polar surface area (TPSA) is 32.3 Å². The van der Waals surface area contributed by atoms with Gasteiger partial charge in [-0.3, -0.25) is 9.69 Å². The van der Waals surface area contributed by atoms with Crippen molar-refractivity contribution in [1.82, 2.24) is 10.2 Å². The minimum Gasteiger partial charge on any atom is -0.352 e. The highest BCUT2D eigenvalue weighted by atomic mass is 16.2. The number of carbonyl (C=O) groups excluding carboxylic acids is 1. The number of amides is 1. The molecule has 25 heavy (non-hydrogen) atoms. The van der Waals surface area contributed by atoms with Crippen LogP contribution in [0.15, 0.2) is 54.6 Å². The predicted molar refractivity (Wildman–Crippen MR) is 102 cm³/mol. The highest BCUT2D eigenvalue weighted by Gasteiger charge is 2.30. The van der Waals surface area contributed by atoms with E-state index in [-0.39, 0.29) is 11.9 Å². The molecule has 0 aromatic heterocycles. The van der Waals surface area contributed by atoms with Gasteiger partial charge in [-0.05, 0) is 42.5 Å². The predicted octanol–water partition coefficient (Wildman–Crippen LogP) is 4.26. The Morgan fingerprint density at radius 3 is 2.24 bits per heavy atom. The second-order valence-corrected chi connectivity index (χ2v) is 7.41. The molecule has 0 bridgehead atoms. The van der Waals surface area contributed by atoms with Crippen molar-refractivity contribution in [1.29, 1.82) is 0 Å². The Morgan fingerprint density at radius 1 is 1.04 bits per heavy atom. The molecule has 0 unspecified atom stereocenters. The molecule has 1 aliphatic carbocycles. The van der Waals surface area contributed by atoms with Crippen LogP contribution in [0.25, 0.3) is 0 Å². The van der Waals surface area contributed by atoms with Crippen LogP contribution in [0, 0.1) is 0 Å². The van der Waals surface area contributed by atoms with Gasteiger partial charge in [0, 0.05) is 12.6 Å². The lowest BCUT2D eigenvalue weighted by atomic mass is 10.0. The zero-order chi connectivity index (χ0) is 17.8. The fourth-order valence-electron chi connectivity index (χ4n) is 3.14. The Kier molecular flexibility index (Phi) is 5.54. The first-order chi connectivity index (χ1) is 12.0. The molecular formula is C22H28N2O. The molecule has 3 heteroatoms. The van der Waals surface area contributed by atoms with Gasteiger partial charge in [0.25, 0.3) is 0 Å². The molecule has 0 spiro atoms. The lowest BCUT2D eigenvalue weighted by molar-refractivity contribution is -0.126. The summed E-state index contributed by atoms with van der Waals surface area (Å²) in [6.07, 6.45) is 2.21. The summed E-state index contributed by atoms with van der Waals surface area (Å²) in [5, 5.41) is 3.16. The van der Waals surface area contributed by atoms with Gasteiger partial charge in [-0.15, -0.1) is 0 Å². The Labute approximate surface area is 151 Å².